The van der Waals surface area contributed by atoms with Gasteiger partial charge in [0.15, 0.2) is 5.69 Å². The summed E-state index contributed by atoms with van der Waals surface area (Å²) < 4.78 is 6.70. The second-order valence-corrected chi connectivity index (χ2v) is 6.08. The fraction of sp³-hybridized carbons (Fsp3) is 0.353. The lowest BCUT2D eigenvalue weighted by Gasteiger charge is -2.25. The second-order valence-electron chi connectivity index (χ2n) is 6.08. The Morgan fingerprint density at radius 2 is 1.92 bits per heavy atom. The van der Waals surface area contributed by atoms with E-state index >= 15 is 0 Å². The molecule has 1 amide bonds. The van der Waals surface area contributed by atoms with Crippen molar-refractivity contribution in [3.05, 3.63) is 42.2 Å². The maximum atomic E-state index is 12.3. The Morgan fingerprint density at radius 3 is 2.50 bits per heavy atom. The van der Waals surface area contributed by atoms with E-state index in [1.54, 1.807) is 37.9 Å². The molecule has 0 spiro atoms. The first-order valence-corrected chi connectivity index (χ1v) is 7.55. The Kier molecular flexibility index (Phi) is 5.23. The average Bonchev–Trinajstić information content (AvgIpc) is 3.03. The van der Waals surface area contributed by atoms with Crippen LogP contribution in [-0.2, 0) is 4.79 Å². The first-order valence-electron chi connectivity index (χ1n) is 7.55. The molecule has 2 rings (SSSR count). The minimum atomic E-state index is -0.888. The summed E-state index contributed by atoms with van der Waals surface area (Å²) in [7, 11) is 1.59. The van der Waals surface area contributed by atoms with E-state index in [4.69, 9.17) is 9.84 Å². The van der Waals surface area contributed by atoms with Gasteiger partial charge >= 0.3 is 5.97 Å². The van der Waals surface area contributed by atoms with E-state index in [9.17, 15) is 9.59 Å². The smallest absolute Gasteiger partial charge is 0.303 e. The van der Waals surface area contributed by atoms with Crippen LogP contribution < -0.4 is 10.1 Å². The van der Waals surface area contributed by atoms with Crippen molar-refractivity contribution in [2.24, 2.45) is 0 Å². The molecule has 0 radical (unpaired) electrons. The van der Waals surface area contributed by atoms with Crippen molar-refractivity contribution in [2.45, 2.75) is 32.2 Å². The summed E-state index contributed by atoms with van der Waals surface area (Å²) in [6.45, 7) is 3.57. The summed E-state index contributed by atoms with van der Waals surface area (Å²) in [5, 5.41) is 15.8. The van der Waals surface area contributed by atoms with E-state index in [0.717, 1.165) is 11.4 Å². The van der Waals surface area contributed by atoms with Gasteiger partial charge in [-0.1, -0.05) is 0 Å². The lowest BCUT2D eigenvalue weighted by molar-refractivity contribution is -0.137. The number of carboxylic acid groups (broad SMARTS) is 1. The normalized spacial score (nSPS) is 11.1. The number of amides is 1. The third-order valence-corrected chi connectivity index (χ3v) is 3.57. The third-order valence-electron chi connectivity index (χ3n) is 3.57. The molecule has 1 aromatic carbocycles. The Bertz CT molecular complexity index is 720. The van der Waals surface area contributed by atoms with Crippen LogP contribution in [0.3, 0.4) is 0 Å². The number of nitrogens with zero attached hydrogens (tertiary/aromatic N) is 2. The molecule has 128 valence electrons. The zero-order valence-electron chi connectivity index (χ0n) is 13.9. The van der Waals surface area contributed by atoms with E-state index < -0.39 is 11.5 Å². The van der Waals surface area contributed by atoms with Crippen LogP contribution in [0.2, 0.25) is 0 Å². The Labute approximate surface area is 140 Å². The molecule has 0 fully saturated rings. The Morgan fingerprint density at radius 1 is 1.25 bits per heavy atom. The van der Waals surface area contributed by atoms with Gasteiger partial charge in [-0.25, -0.2) is 4.68 Å². The van der Waals surface area contributed by atoms with Gasteiger partial charge in [0, 0.05) is 18.2 Å². The molecule has 2 aromatic rings. The van der Waals surface area contributed by atoms with Crippen LogP contribution in [0, 0.1) is 0 Å². The number of carbonyl (C=O) groups is 2. The second kappa shape index (κ2) is 7.16. The van der Waals surface area contributed by atoms with Crippen LogP contribution in [0.4, 0.5) is 0 Å². The molecule has 1 heterocycles. The number of carbonyl (C=O) groups excluding carboxylic acids is 1. The topological polar surface area (TPSA) is 93.5 Å². The number of aromatic nitrogens is 2. The van der Waals surface area contributed by atoms with Gasteiger partial charge in [0.05, 0.1) is 12.8 Å². The van der Waals surface area contributed by atoms with Gasteiger partial charge in [-0.3, -0.25) is 9.59 Å². The van der Waals surface area contributed by atoms with E-state index in [1.165, 1.54) is 0 Å². The summed E-state index contributed by atoms with van der Waals surface area (Å²) in [6, 6.07) is 8.92. The molecule has 1 aromatic heterocycles. The number of rotatable bonds is 7. The number of benzene rings is 1. The molecule has 0 aliphatic carbocycles. The van der Waals surface area contributed by atoms with Crippen molar-refractivity contribution >= 4 is 11.9 Å². The monoisotopic (exact) mass is 331 g/mol. The summed E-state index contributed by atoms with van der Waals surface area (Å²) in [5.41, 5.74) is 0.452. The highest BCUT2D eigenvalue weighted by atomic mass is 16.5. The molecule has 0 saturated carbocycles. The predicted octanol–water partition coefficient (Wildman–Crippen LogP) is 2.25. The molecule has 0 atom stereocenters. The number of ether oxygens (including phenoxy) is 1. The number of hydrogen-bond donors (Lipinski definition) is 2. The first-order chi connectivity index (χ1) is 11.3. The van der Waals surface area contributed by atoms with E-state index in [0.29, 0.717) is 6.42 Å². The molecule has 7 heteroatoms. The molecule has 0 saturated heterocycles. The first kappa shape index (κ1) is 17.5. The molecule has 0 aliphatic heterocycles. The molecule has 0 aliphatic rings. The molecule has 2 N–H and O–H groups in total. The highest BCUT2D eigenvalue weighted by Gasteiger charge is 2.23. The summed E-state index contributed by atoms with van der Waals surface area (Å²) in [4.78, 5) is 23.0. The van der Waals surface area contributed by atoms with Gasteiger partial charge in [-0.15, -0.1) is 0 Å². The number of aliphatic carboxylic acids is 1. The minimum absolute atomic E-state index is 0.00638. The molecule has 24 heavy (non-hydrogen) atoms. The molecular formula is C17H21N3O4. The predicted molar refractivity (Wildman–Crippen MR) is 88.5 cm³/mol. The molecule has 0 unspecified atom stereocenters. The highest BCUT2D eigenvalue weighted by Crippen LogP contribution is 2.15. The van der Waals surface area contributed by atoms with E-state index in [1.807, 2.05) is 24.3 Å². The van der Waals surface area contributed by atoms with Crippen molar-refractivity contribution in [2.75, 3.05) is 7.11 Å². The van der Waals surface area contributed by atoms with Crippen LogP contribution >= 0.6 is 0 Å². The van der Waals surface area contributed by atoms with Crippen molar-refractivity contribution in [1.29, 1.82) is 0 Å². The lowest BCUT2D eigenvalue weighted by atomic mass is 9.98. The average molecular weight is 331 g/mol. The standard InChI is InChI=1S/C17H21N3O4/c1-17(2,10-8-15(21)22)18-16(23)14-9-11-20(19-14)12-4-6-13(24-3)7-5-12/h4-7,9,11H,8,10H2,1-3H3,(H,18,23)(H,21,22). The SMILES string of the molecule is COc1ccc(-n2ccc(C(=O)NC(C)(C)CCC(=O)O)n2)cc1. The maximum absolute atomic E-state index is 12.3. The zero-order valence-corrected chi connectivity index (χ0v) is 13.9. The lowest BCUT2D eigenvalue weighted by Crippen LogP contribution is -2.43. The van der Waals surface area contributed by atoms with Gasteiger partial charge in [-0.05, 0) is 50.6 Å². The summed E-state index contributed by atoms with van der Waals surface area (Å²) >= 11 is 0. The number of methoxy groups -OCH3 is 1. The number of nitrogens with one attached hydrogen (secondary N) is 1. The summed E-state index contributed by atoms with van der Waals surface area (Å²) in [5.74, 6) is -0.484. The molecule has 0 bridgehead atoms. The largest absolute Gasteiger partial charge is 0.497 e. The Hall–Kier alpha value is -2.83. The van der Waals surface area contributed by atoms with Crippen LogP contribution in [0.15, 0.2) is 36.5 Å². The van der Waals surface area contributed by atoms with Crippen molar-refractivity contribution in [1.82, 2.24) is 15.1 Å². The quantitative estimate of drug-likeness (QED) is 0.811. The van der Waals surface area contributed by atoms with Crippen molar-refractivity contribution in [3.8, 4) is 11.4 Å². The van der Waals surface area contributed by atoms with Gasteiger partial charge in [-0.2, -0.15) is 5.10 Å². The van der Waals surface area contributed by atoms with Crippen LogP contribution in [0.25, 0.3) is 5.69 Å². The van der Waals surface area contributed by atoms with Gasteiger partial charge in [0.25, 0.3) is 5.91 Å². The van der Waals surface area contributed by atoms with Gasteiger partial charge < -0.3 is 15.2 Å². The molecular weight excluding hydrogens is 310 g/mol. The minimum Gasteiger partial charge on any atom is -0.497 e. The summed E-state index contributed by atoms with van der Waals surface area (Å²) in [6.07, 6.45) is 2.03. The van der Waals surface area contributed by atoms with Crippen molar-refractivity contribution in [3.63, 3.8) is 0 Å². The Balaban J connectivity index is 2.06. The van der Waals surface area contributed by atoms with Gasteiger partial charge in [0.1, 0.15) is 5.75 Å². The van der Waals surface area contributed by atoms with Crippen LogP contribution in [0.5, 0.6) is 5.75 Å². The van der Waals surface area contributed by atoms with E-state index in [-0.39, 0.29) is 18.0 Å². The van der Waals surface area contributed by atoms with Crippen LogP contribution in [0.1, 0.15) is 37.2 Å². The van der Waals surface area contributed by atoms with Crippen molar-refractivity contribution < 1.29 is 19.4 Å². The number of hydrogen-bond acceptors (Lipinski definition) is 4. The zero-order chi connectivity index (χ0) is 17.7. The third kappa shape index (κ3) is 4.58. The van der Waals surface area contributed by atoms with Gasteiger partial charge in [0.2, 0.25) is 0 Å². The van der Waals surface area contributed by atoms with Crippen LogP contribution in [-0.4, -0.2) is 39.4 Å². The number of carboxylic acids is 1. The fourth-order valence-electron chi connectivity index (χ4n) is 2.18. The molecule has 7 nitrogen and oxygen atoms in total. The maximum Gasteiger partial charge on any atom is 0.303 e. The van der Waals surface area contributed by atoms with E-state index in [2.05, 4.69) is 10.4 Å². The highest BCUT2D eigenvalue weighted by molar-refractivity contribution is 5.92. The fourth-order valence-corrected chi connectivity index (χ4v) is 2.18.